The summed E-state index contributed by atoms with van der Waals surface area (Å²) in [7, 11) is 1.44. The summed E-state index contributed by atoms with van der Waals surface area (Å²) < 4.78 is 11.2. The summed E-state index contributed by atoms with van der Waals surface area (Å²) >= 11 is 3.42. The highest BCUT2D eigenvalue weighted by atomic mass is 79.9. The molecule has 30 heavy (non-hydrogen) atoms. The number of aromatic hydroxyl groups is 1. The highest BCUT2D eigenvalue weighted by Crippen LogP contribution is 2.44. The Balaban J connectivity index is 2.01. The number of benzene rings is 3. The average Bonchev–Trinajstić information content (AvgIpc) is 2.73. The summed E-state index contributed by atoms with van der Waals surface area (Å²) in [4.78, 5) is 23.6. The van der Waals surface area contributed by atoms with Gasteiger partial charge in [0.15, 0.2) is 11.5 Å². The van der Waals surface area contributed by atoms with Gasteiger partial charge in [-0.1, -0.05) is 40.2 Å². The number of para-hydroxylation sites is 1. The van der Waals surface area contributed by atoms with Crippen LogP contribution in [0.15, 0.2) is 59.1 Å². The van der Waals surface area contributed by atoms with Gasteiger partial charge in [-0.05, 0) is 36.8 Å². The molecule has 0 unspecified atom stereocenters. The fourth-order valence-electron chi connectivity index (χ4n) is 3.15. The lowest BCUT2D eigenvalue weighted by Gasteiger charge is -2.17. The molecule has 0 saturated carbocycles. The van der Waals surface area contributed by atoms with Crippen LogP contribution >= 0.6 is 15.9 Å². The molecule has 0 aliphatic rings. The van der Waals surface area contributed by atoms with Gasteiger partial charge >= 0.3 is 5.97 Å². The van der Waals surface area contributed by atoms with Crippen molar-refractivity contribution in [1.82, 2.24) is 0 Å². The van der Waals surface area contributed by atoms with Crippen molar-refractivity contribution < 1.29 is 24.3 Å². The molecule has 0 bridgehead atoms. The van der Waals surface area contributed by atoms with Crippen molar-refractivity contribution in [3.8, 4) is 22.6 Å². The largest absolute Gasteiger partial charge is 0.504 e. The molecule has 0 aliphatic heterocycles. The Morgan fingerprint density at radius 1 is 1.10 bits per heavy atom. The maximum atomic E-state index is 12.9. The van der Waals surface area contributed by atoms with Crippen LogP contribution in [0.4, 0.5) is 5.69 Å². The maximum Gasteiger partial charge on any atom is 0.339 e. The smallest absolute Gasteiger partial charge is 0.339 e. The summed E-state index contributed by atoms with van der Waals surface area (Å²) in [6.45, 7) is 1.55. The molecule has 0 aliphatic carbocycles. The predicted molar refractivity (Wildman–Crippen MR) is 115 cm³/mol. The molecule has 154 valence electrons. The van der Waals surface area contributed by atoms with Gasteiger partial charge in [-0.2, -0.15) is 0 Å². The minimum atomic E-state index is -0.666. The molecule has 0 saturated heterocycles. The number of nitrogens with zero attached hydrogens (tertiary/aromatic N) is 1. The van der Waals surface area contributed by atoms with Crippen LogP contribution in [0.2, 0.25) is 0 Å². The number of ether oxygens (including phenoxy) is 2. The van der Waals surface area contributed by atoms with Gasteiger partial charge in [-0.25, -0.2) is 4.79 Å². The van der Waals surface area contributed by atoms with Crippen molar-refractivity contribution in [2.75, 3.05) is 7.11 Å². The number of aryl methyl sites for hydroxylation is 1. The van der Waals surface area contributed by atoms with Gasteiger partial charge in [0, 0.05) is 21.7 Å². The molecule has 0 atom stereocenters. The second-order valence-electron chi connectivity index (χ2n) is 6.43. The van der Waals surface area contributed by atoms with Gasteiger partial charge in [-0.3, -0.25) is 10.1 Å². The highest BCUT2D eigenvalue weighted by Gasteiger charge is 2.23. The summed E-state index contributed by atoms with van der Waals surface area (Å²) in [6.07, 6.45) is 0. The number of hydrogen-bond donors (Lipinski definition) is 1. The number of hydrogen-bond acceptors (Lipinski definition) is 6. The standard InChI is InChI=1S/C22H18BrNO6/c1-13-6-5-8-15(19(13)20-16(23)10-11-18(29-2)21(20)25)22(26)30-12-14-7-3-4-9-17(14)24(27)28/h3-11,25H,12H2,1-2H3. The van der Waals surface area contributed by atoms with E-state index in [0.717, 1.165) is 5.56 Å². The Hall–Kier alpha value is -3.39. The van der Waals surface area contributed by atoms with Crippen LogP contribution in [0.1, 0.15) is 21.5 Å². The molecular weight excluding hydrogens is 454 g/mol. The third kappa shape index (κ3) is 4.13. The van der Waals surface area contributed by atoms with E-state index >= 15 is 0 Å². The first-order valence-electron chi connectivity index (χ1n) is 8.90. The molecule has 3 rings (SSSR count). The molecule has 0 spiro atoms. The van der Waals surface area contributed by atoms with Crippen molar-refractivity contribution in [3.05, 3.63) is 85.9 Å². The van der Waals surface area contributed by atoms with Gasteiger partial charge in [0.1, 0.15) is 6.61 Å². The number of phenolic OH excluding ortho intramolecular Hbond substituents is 1. The Morgan fingerprint density at radius 3 is 2.53 bits per heavy atom. The lowest BCUT2D eigenvalue weighted by molar-refractivity contribution is -0.385. The fraction of sp³-hybridized carbons (Fsp3) is 0.136. The van der Waals surface area contributed by atoms with E-state index in [1.165, 1.54) is 19.2 Å². The fourth-order valence-corrected chi connectivity index (χ4v) is 3.67. The minimum absolute atomic E-state index is 0.117. The van der Waals surface area contributed by atoms with Crippen molar-refractivity contribution >= 4 is 27.6 Å². The van der Waals surface area contributed by atoms with Crippen LogP contribution in [-0.2, 0) is 11.3 Å². The molecule has 0 heterocycles. The van der Waals surface area contributed by atoms with E-state index in [0.29, 0.717) is 15.6 Å². The van der Waals surface area contributed by atoms with Gasteiger partial charge in [0.25, 0.3) is 5.69 Å². The first-order valence-corrected chi connectivity index (χ1v) is 9.69. The third-order valence-corrected chi connectivity index (χ3v) is 5.26. The van der Waals surface area contributed by atoms with Crippen LogP contribution in [0.3, 0.4) is 0 Å². The van der Waals surface area contributed by atoms with Crippen LogP contribution in [-0.4, -0.2) is 23.1 Å². The number of rotatable bonds is 6. The Bertz CT molecular complexity index is 1130. The van der Waals surface area contributed by atoms with Gasteiger partial charge < -0.3 is 14.6 Å². The van der Waals surface area contributed by atoms with E-state index in [9.17, 15) is 20.0 Å². The van der Waals surface area contributed by atoms with Crippen molar-refractivity contribution in [1.29, 1.82) is 0 Å². The quantitative estimate of drug-likeness (QED) is 0.293. The number of nitro benzene ring substituents is 1. The van der Waals surface area contributed by atoms with Gasteiger partial charge in [0.05, 0.1) is 23.2 Å². The van der Waals surface area contributed by atoms with E-state index in [-0.39, 0.29) is 34.9 Å². The van der Waals surface area contributed by atoms with E-state index < -0.39 is 10.9 Å². The molecule has 0 radical (unpaired) electrons. The first kappa shape index (κ1) is 21.3. The zero-order valence-corrected chi connectivity index (χ0v) is 17.8. The van der Waals surface area contributed by atoms with Crippen LogP contribution in [0.25, 0.3) is 11.1 Å². The third-order valence-electron chi connectivity index (χ3n) is 4.60. The summed E-state index contributed by atoms with van der Waals surface area (Å²) in [5, 5.41) is 21.9. The molecule has 1 N–H and O–H groups in total. The molecule has 0 fully saturated rings. The van der Waals surface area contributed by atoms with Crippen LogP contribution in [0.5, 0.6) is 11.5 Å². The highest BCUT2D eigenvalue weighted by molar-refractivity contribution is 9.10. The van der Waals surface area contributed by atoms with Gasteiger partial charge in [0.2, 0.25) is 0 Å². The number of carbonyl (C=O) groups is 1. The van der Waals surface area contributed by atoms with Crippen LogP contribution < -0.4 is 4.74 Å². The molecule has 0 amide bonds. The Morgan fingerprint density at radius 2 is 1.83 bits per heavy atom. The molecule has 0 aromatic heterocycles. The first-order chi connectivity index (χ1) is 14.3. The minimum Gasteiger partial charge on any atom is -0.504 e. The zero-order valence-electron chi connectivity index (χ0n) is 16.2. The van der Waals surface area contributed by atoms with Gasteiger partial charge in [-0.15, -0.1) is 0 Å². The normalized spacial score (nSPS) is 10.5. The number of carbonyl (C=O) groups excluding carboxylic acids is 1. The maximum absolute atomic E-state index is 12.9. The summed E-state index contributed by atoms with van der Waals surface area (Å²) in [5.41, 5.74) is 1.99. The number of phenols is 1. The van der Waals surface area contributed by atoms with E-state index in [2.05, 4.69) is 15.9 Å². The molecule has 3 aromatic carbocycles. The Labute approximate surface area is 181 Å². The van der Waals surface area contributed by atoms with Crippen molar-refractivity contribution in [2.45, 2.75) is 13.5 Å². The van der Waals surface area contributed by atoms with E-state index in [1.807, 2.05) is 0 Å². The number of methoxy groups -OCH3 is 1. The summed E-state index contributed by atoms with van der Waals surface area (Å²) in [6, 6.07) is 14.5. The summed E-state index contributed by atoms with van der Waals surface area (Å²) in [5.74, 6) is -0.523. The second-order valence-corrected chi connectivity index (χ2v) is 7.29. The van der Waals surface area contributed by atoms with E-state index in [4.69, 9.17) is 9.47 Å². The molecule has 3 aromatic rings. The lowest BCUT2D eigenvalue weighted by atomic mass is 9.94. The molecular formula is C22H18BrNO6. The second kappa shape index (κ2) is 8.96. The Kier molecular flexibility index (Phi) is 6.37. The predicted octanol–water partition coefficient (Wildman–Crippen LogP) is 5.40. The SMILES string of the molecule is COc1ccc(Br)c(-c2c(C)cccc2C(=O)OCc2ccccc2[N+](=O)[O-])c1O. The van der Waals surface area contributed by atoms with Crippen LogP contribution in [0, 0.1) is 17.0 Å². The number of esters is 1. The topological polar surface area (TPSA) is 98.9 Å². The number of nitro groups is 1. The lowest BCUT2D eigenvalue weighted by Crippen LogP contribution is -2.09. The average molecular weight is 472 g/mol. The molecule has 8 heteroatoms. The zero-order chi connectivity index (χ0) is 21.8. The number of halogens is 1. The molecule has 7 nitrogen and oxygen atoms in total. The van der Waals surface area contributed by atoms with Crippen molar-refractivity contribution in [3.63, 3.8) is 0 Å². The van der Waals surface area contributed by atoms with E-state index in [1.54, 1.807) is 49.4 Å². The van der Waals surface area contributed by atoms with Crippen molar-refractivity contribution in [2.24, 2.45) is 0 Å². The monoisotopic (exact) mass is 471 g/mol.